The van der Waals surface area contributed by atoms with E-state index in [1.54, 1.807) is 7.11 Å². The minimum atomic E-state index is 0.0252. The average Bonchev–Trinajstić information content (AvgIpc) is 3.47. The topological polar surface area (TPSA) is 78.3 Å². The lowest BCUT2D eigenvalue weighted by Crippen LogP contribution is -2.41. The molecule has 0 spiro atoms. The summed E-state index contributed by atoms with van der Waals surface area (Å²) in [4.78, 5) is 20.9. The van der Waals surface area contributed by atoms with Crippen LogP contribution in [0, 0.1) is 11.8 Å². The molecule has 8 rings (SSSR count). The number of nitrogens with two attached hydrogens (primary N) is 1. The summed E-state index contributed by atoms with van der Waals surface area (Å²) in [6.45, 7) is 1.71. The Morgan fingerprint density at radius 3 is 2.62 bits per heavy atom. The Balaban J connectivity index is 1.14. The maximum absolute atomic E-state index is 13.7. The number of carbonyl (C=O) groups excluding carboxylic acids is 1. The van der Waals surface area contributed by atoms with Crippen molar-refractivity contribution in [2.75, 3.05) is 13.7 Å². The van der Waals surface area contributed by atoms with Crippen molar-refractivity contribution < 1.29 is 9.53 Å². The quantitative estimate of drug-likeness (QED) is 0.202. The van der Waals surface area contributed by atoms with Crippen LogP contribution < -0.4 is 10.5 Å². The van der Waals surface area contributed by atoms with Gasteiger partial charge in [0.05, 0.1) is 18.3 Å². The Bertz CT molecular complexity index is 1930. The molecule has 2 bridgehead atoms. The van der Waals surface area contributed by atoms with Gasteiger partial charge in [-0.05, 0) is 85.8 Å². The number of methoxy groups -OCH3 is 1. The molecule has 2 aromatic heterocycles. The van der Waals surface area contributed by atoms with Crippen molar-refractivity contribution in [2.45, 2.75) is 57.2 Å². The van der Waals surface area contributed by atoms with Gasteiger partial charge in [0.15, 0.2) is 5.82 Å². The number of likely N-dealkylation sites (tertiary alicyclic amines) is 1. The van der Waals surface area contributed by atoms with Crippen LogP contribution in [0.4, 0.5) is 0 Å². The second-order valence-corrected chi connectivity index (χ2v) is 13.3. The zero-order chi connectivity index (χ0) is 30.7. The lowest BCUT2D eigenvalue weighted by atomic mass is 10.1. The van der Waals surface area contributed by atoms with Gasteiger partial charge < -0.3 is 24.5 Å². The zero-order valence-corrected chi connectivity index (χ0v) is 26.2. The number of rotatable bonds is 9. The van der Waals surface area contributed by atoms with Gasteiger partial charge in [-0.25, -0.2) is 4.98 Å². The highest BCUT2D eigenvalue weighted by Gasteiger charge is 2.47. The Kier molecular flexibility index (Phi) is 7.01. The molecule has 2 N–H and O–H groups in total. The Labute approximate surface area is 264 Å². The Hall–Kier alpha value is -4.36. The van der Waals surface area contributed by atoms with E-state index in [1.165, 1.54) is 34.9 Å². The monoisotopic (exact) mass is 599 g/mol. The highest BCUT2D eigenvalue weighted by atomic mass is 16.5. The van der Waals surface area contributed by atoms with E-state index >= 15 is 0 Å². The van der Waals surface area contributed by atoms with Gasteiger partial charge in [-0.3, -0.25) is 4.79 Å². The van der Waals surface area contributed by atoms with Crippen LogP contribution in [-0.2, 0) is 20.0 Å². The van der Waals surface area contributed by atoms with E-state index in [2.05, 4.69) is 75.9 Å². The fourth-order valence-electron chi connectivity index (χ4n) is 7.70. The normalized spacial score (nSPS) is 21.1. The number of carbonyl (C=O) groups is 1. The Morgan fingerprint density at radius 2 is 1.89 bits per heavy atom. The number of fused-ring (bicyclic) bond motifs is 4. The van der Waals surface area contributed by atoms with E-state index in [-0.39, 0.29) is 18.0 Å². The van der Waals surface area contributed by atoms with E-state index in [9.17, 15) is 4.79 Å². The number of ether oxygens (including phenoxy) is 1. The molecule has 1 saturated heterocycles. The lowest BCUT2D eigenvalue weighted by Gasteiger charge is -2.27. The number of hydrogen-bond acceptors (Lipinski definition) is 4. The molecule has 7 nitrogen and oxygen atoms in total. The van der Waals surface area contributed by atoms with Crippen LogP contribution in [0.5, 0.6) is 5.75 Å². The van der Waals surface area contributed by atoms with Gasteiger partial charge in [0.2, 0.25) is 0 Å². The van der Waals surface area contributed by atoms with Crippen molar-refractivity contribution >= 4 is 33.9 Å². The summed E-state index contributed by atoms with van der Waals surface area (Å²) in [5.74, 6) is 2.67. The predicted octanol–water partition coefficient (Wildman–Crippen LogP) is 6.82. The van der Waals surface area contributed by atoms with E-state index in [1.807, 2.05) is 24.1 Å². The van der Waals surface area contributed by atoms with Crippen LogP contribution in [0.3, 0.4) is 0 Å². The smallest absolute Gasteiger partial charge is 0.254 e. The largest absolute Gasteiger partial charge is 0.494 e. The molecule has 1 unspecified atom stereocenters. The Morgan fingerprint density at radius 1 is 1.04 bits per heavy atom. The second-order valence-electron chi connectivity index (χ2n) is 13.3. The molecule has 3 fully saturated rings. The molecule has 3 aromatic carbocycles. The number of allylic oxidation sites excluding steroid dienone is 1. The molecule has 45 heavy (non-hydrogen) atoms. The van der Waals surface area contributed by atoms with Crippen molar-refractivity contribution in [1.82, 2.24) is 19.0 Å². The SMILES string of the molecule is COc1cc(C(=O)N2C[C@H]3CCC2[C@H]3N)cc2nc(-c3cc4ccc(/C=C/CCc5ccccc5)cc4n3CC3CC3)n(C)c12. The summed E-state index contributed by atoms with van der Waals surface area (Å²) in [6.07, 6.45) is 11.2. The zero-order valence-electron chi connectivity index (χ0n) is 26.2. The van der Waals surface area contributed by atoms with Crippen molar-refractivity contribution in [3.05, 3.63) is 89.5 Å². The third-order valence-electron chi connectivity index (χ3n) is 10.4. The number of benzene rings is 3. The summed E-state index contributed by atoms with van der Waals surface area (Å²) in [5.41, 5.74) is 13.6. The molecule has 3 heterocycles. The molecule has 7 heteroatoms. The number of hydrogen-bond donors (Lipinski definition) is 1. The fourth-order valence-corrected chi connectivity index (χ4v) is 7.70. The van der Waals surface area contributed by atoms with Crippen LogP contribution in [-0.4, -0.2) is 50.7 Å². The maximum Gasteiger partial charge on any atom is 0.254 e. The number of piperidine rings is 1. The maximum atomic E-state index is 13.7. The van der Waals surface area contributed by atoms with Crippen LogP contribution in [0.25, 0.3) is 39.5 Å². The molecule has 3 aliphatic rings. The molecule has 0 radical (unpaired) electrons. The lowest BCUT2D eigenvalue weighted by molar-refractivity contribution is 0.0700. The summed E-state index contributed by atoms with van der Waals surface area (Å²) < 4.78 is 10.5. The number of nitrogens with zero attached hydrogens (tertiary/aromatic N) is 4. The van der Waals surface area contributed by atoms with Crippen LogP contribution in [0.2, 0.25) is 0 Å². The first-order valence-electron chi connectivity index (χ1n) is 16.4. The third-order valence-corrected chi connectivity index (χ3v) is 10.4. The number of amides is 1. The first kappa shape index (κ1) is 28.1. The summed E-state index contributed by atoms with van der Waals surface area (Å²) in [7, 11) is 3.72. The summed E-state index contributed by atoms with van der Waals surface area (Å²) in [6, 6.07) is 23.7. The van der Waals surface area contributed by atoms with Gasteiger partial charge in [-0.2, -0.15) is 0 Å². The fraction of sp³-hybridized carbons (Fsp3) is 0.368. The standard InChI is InChI=1S/C38H41N5O2/c1-41-36-30(19-29(21-34(36)45-2)38(44)43-23-28-16-17-31(43)35(28)39)40-37(41)33-20-27-15-14-25(18-32(27)42(33)22-26-12-13-26)11-7-6-10-24-8-4-3-5-9-24/h3-5,7-9,11,14-15,18-21,26,28,31,35H,6,10,12-13,16-17,22-23,39H2,1-2H3/b11-7+/t28-,31?,35+/m1/s1. The molecule has 2 saturated carbocycles. The molecule has 1 amide bonds. The number of aryl methyl sites for hydroxylation is 2. The van der Waals surface area contributed by atoms with Crippen molar-refractivity contribution in [3.63, 3.8) is 0 Å². The minimum Gasteiger partial charge on any atom is -0.494 e. The highest BCUT2D eigenvalue weighted by Crippen LogP contribution is 2.40. The molecule has 1 aliphatic heterocycles. The number of imidazole rings is 1. The molecule has 230 valence electrons. The summed E-state index contributed by atoms with van der Waals surface area (Å²) in [5, 5.41) is 1.21. The van der Waals surface area contributed by atoms with Crippen molar-refractivity contribution in [3.8, 4) is 17.3 Å². The van der Waals surface area contributed by atoms with Crippen LogP contribution in [0.1, 0.15) is 53.6 Å². The number of aromatic nitrogens is 3. The van der Waals surface area contributed by atoms with Gasteiger partial charge in [0.25, 0.3) is 5.91 Å². The van der Waals surface area contributed by atoms with Crippen LogP contribution in [0.15, 0.2) is 72.8 Å². The predicted molar refractivity (Wildman–Crippen MR) is 180 cm³/mol. The van der Waals surface area contributed by atoms with Crippen LogP contribution >= 0.6 is 0 Å². The highest BCUT2D eigenvalue weighted by molar-refractivity contribution is 6.00. The van der Waals surface area contributed by atoms with Gasteiger partial charge in [-0.15, -0.1) is 0 Å². The minimum absolute atomic E-state index is 0.0252. The van der Waals surface area contributed by atoms with Gasteiger partial charge in [0, 0.05) is 48.7 Å². The summed E-state index contributed by atoms with van der Waals surface area (Å²) >= 11 is 0. The third kappa shape index (κ3) is 5.03. The van der Waals surface area contributed by atoms with E-state index in [4.69, 9.17) is 15.5 Å². The molecular weight excluding hydrogens is 558 g/mol. The van der Waals surface area contributed by atoms with Gasteiger partial charge in [-0.1, -0.05) is 54.6 Å². The van der Waals surface area contributed by atoms with Gasteiger partial charge in [0.1, 0.15) is 11.3 Å². The van der Waals surface area contributed by atoms with Crippen molar-refractivity contribution in [2.24, 2.45) is 24.6 Å². The van der Waals surface area contributed by atoms with E-state index < -0.39 is 0 Å². The second kappa shape index (κ2) is 11.2. The van der Waals surface area contributed by atoms with E-state index in [0.29, 0.717) is 23.1 Å². The molecule has 2 aliphatic carbocycles. The molecule has 5 aromatic rings. The van der Waals surface area contributed by atoms with Gasteiger partial charge >= 0.3 is 0 Å². The molecule has 3 atom stereocenters. The first-order valence-corrected chi connectivity index (χ1v) is 16.4. The average molecular weight is 600 g/mol. The molecular formula is C38H41N5O2. The van der Waals surface area contributed by atoms with E-state index in [0.717, 1.165) is 61.3 Å². The first-order chi connectivity index (χ1) is 22.0. The van der Waals surface area contributed by atoms with Crippen molar-refractivity contribution in [1.29, 1.82) is 0 Å².